The molecule has 1 atom stereocenters. The number of benzene rings is 1. The first kappa shape index (κ1) is 20.7. The Labute approximate surface area is 150 Å². The summed E-state index contributed by atoms with van der Waals surface area (Å²) in [4.78, 5) is 12.1. The first-order valence-corrected chi connectivity index (χ1v) is 9.49. The zero-order chi connectivity index (χ0) is 18.2. The molecule has 0 aliphatic carbocycles. The van der Waals surface area contributed by atoms with Crippen molar-refractivity contribution in [2.24, 2.45) is 0 Å². The number of unbranched alkanes of at least 4 members (excludes halogenated alkanes) is 1. The summed E-state index contributed by atoms with van der Waals surface area (Å²) in [6.07, 6.45) is 2.11. The average molecular weight is 354 g/mol. The van der Waals surface area contributed by atoms with Gasteiger partial charge in [0, 0.05) is 4.75 Å². The Kier molecular flexibility index (Phi) is 8.46. The number of hydrogen-bond donors (Lipinski definition) is 1. The molecule has 0 saturated heterocycles. The van der Waals surface area contributed by atoms with Gasteiger partial charge in [-0.05, 0) is 31.0 Å². The summed E-state index contributed by atoms with van der Waals surface area (Å²) in [5, 5.41) is 3.04. The van der Waals surface area contributed by atoms with Gasteiger partial charge >= 0.3 is 0 Å². The molecule has 4 nitrogen and oxygen atoms in total. The van der Waals surface area contributed by atoms with E-state index in [9.17, 15) is 4.79 Å². The molecule has 0 saturated carbocycles. The van der Waals surface area contributed by atoms with Crippen molar-refractivity contribution in [3.8, 4) is 11.5 Å². The fraction of sp³-hybridized carbons (Fsp3) is 0.632. The van der Waals surface area contributed by atoms with Crippen molar-refractivity contribution in [3.05, 3.63) is 23.8 Å². The average Bonchev–Trinajstić information content (AvgIpc) is 2.52. The van der Waals surface area contributed by atoms with Gasteiger partial charge < -0.3 is 14.8 Å². The highest BCUT2D eigenvalue weighted by molar-refractivity contribution is 8.01. The smallest absolute Gasteiger partial charge is 0.230 e. The Morgan fingerprint density at radius 3 is 2.58 bits per heavy atom. The SMILES string of the molecule is CCCCOc1ccc(C(C)NC(=O)CSC(C)(C)C)cc1OC. The molecule has 0 aliphatic heterocycles. The van der Waals surface area contributed by atoms with Crippen molar-refractivity contribution >= 4 is 17.7 Å². The molecule has 1 N–H and O–H groups in total. The highest BCUT2D eigenvalue weighted by Crippen LogP contribution is 2.30. The van der Waals surface area contributed by atoms with Crippen molar-refractivity contribution in [3.63, 3.8) is 0 Å². The number of methoxy groups -OCH3 is 1. The largest absolute Gasteiger partial charge is 0.493 e. The summed E-state index contributed by atoms with van der Waals surface area (Å²) < 4.78 is 11.3. The van der Waals surface area contributed by atoms with Crippen molar-refractivity contribution < 1.29 is 14.3 Å². The number of ether oxygens (including phenoxy) is 2. The van der Waals surface area contributed by atoms with Crippen molar-refractivity contribution in [1.82, 2.24) is 5.32 Å². The van der Waals surface area contributed by atoms with Crippen molar-refractivity contribution in [2.75, 3.05) is 19.5 Å². The summed E-state index contributed by atoms with van der Waals surface area (Å²) in [7, 11) is 1.63. The summed E-state index contributed by atoms with van der Waals surface area (Å²) in [5.74, 6) is 1.96. The van der Waals surface area contributed by atoms with E-state index < -0.39 is 0 Å². The number of rotatable bonds is 9. The van der Waals surface area contributed by atoms with Crippen LogP contribution < -0.4 is 14.8 Å². The minimum atomic E-state index is -0.0725. The van der Waals surface area contributed by atoms with Crippen molar-refractivity contribution in [1.29, 1.82) is 0 Å². The number of thioether (sulfide) groups is 1. The lowest BCUT2D eigenvalue weighted by atomic mass is 10.1. The van der Waals surface area contributed by atoms with Crippen LogP contribution in [0.5, 0.6) is 11.5 Å². The Hall–Kier alpha value is -1.36. The van der Waals surface area contributed by atoms with Crippen LogP contribution in [0, 0.1) is 0 Å². The maximum Gasteiger partial charge on any atom is 0.230 e. The van der Waals surface area contributed by atoms with Gasteiger partial charge in [0.25, 0.3) is 0 Å². The third-order valence-electron chi connectivity index (χ3n) is 3.46. The van der Waals surface area contributed by atoms with E-state index in [4.69, 9.17) is 9.47 Å². The van der Waals surface area contributed by atoms with Crippen molar-refractivity contribution in [2.45, 2.75) is 58.2 Å². The van der Waals surface area contributed by atoms with Crippen LogP contribution in [0.2, 0.25) is 0 Å². The number of nitrogens with one attached hydrogen (secondary N) is 1. The second kappa shape index (κ2) is 9.82. The third-order valence-corrected chi connectivity index (χ3v) is 4.73. The lowest BCUT2D eigenvalue weighted by Gasteiger charge is -2.20. The molecule has 0 aliphatic rings. The highest BCUT2D eigenvalue weighted by atomic mass is 32.2. The molecule has 0 bridgehead atoms. The number of carbonyl (C=O) groups excluding carboxylic acids is 1. The van der Waals surface area contributed by atoms with Gasteiger partial charge in [-0.15, -0.1) is 11.8 Å². The molecule has 0 fully saturated rings. The molecule has 5 heteroatoms. The van der Waals surface area contributed by atoms with E-state index in [0.29, 0.717) is 18.1 Å². The molecule has 1 rings (SSSR count). The Balaban J connectivity index is 2.66. The molecule has 1 unspecified atom stereocenters. The van der Waals surface area contributed by atoms with Crippen LogP contribution in [0.4, 0.5) is 0 Å². The zero-order valence-electron chi connectivity index (χ0n) is 15.8. The van der Waals surface area contributed by atoms with Crippen LogP contribution in [-0.4, -0.2) is 30.1 Å². The normalized spacial score (nSPS) is 12.6. The van der Waals surface area contributed by atoms with E-state index in [1.807, 2.05) is 25.1 Å². The molecule has 136 valence electrons. The molecular weight excluding hydrogens is 322 g/mol. The molecule has 0 aromatic heterocycles. The highest BCUT2D eigenvalue weighted by Gasteiger charge is 2.16. The van der Waals surface area contributed by atoms with Crippen LogP contribution in [0.3, 0.4) is 0 Å². The van der Waals surface area contributed by atoms with Crippen LogP contribution in [0.15, 0.2) is 18.2 Å². The first-order chi connectivity index (χ1) is 11.3. The molecule has 0 heterocycles. The van der Waals surface area contributed by atoms with E-state index in [1.165, 1.54) is 0 Å². The van der Waals surface area contributed by atoms with Gasteiger partial charge in [0.2, 0.25) is 5.91 Å². The zero-order valence-corrected chi connectivity index (χ0v) is 16.6. The van der Waals surface area contributed by atoms with Gasteiger partial charge in [-0.1, -0.05) is 40.2 Å². The lowest BCUT2D eigenvalue weighted by molar-refractivity contribution is -0.119. The van der Waals surface area contributed by atoms with Gasteiger partial charge in [-0.25, -0.2) is 0 Å². The van der Waals surface area contributed by atoms with E-state index >= 15 is 0 Å². The minimum absolute atomic E-state index is 0.0460. The molecule has 0 spiro atoms. The van der Waals surface area contributed by atoms with Gasteiger partial charge in [0.1, 0.15) is 0 Å². The fourth-order valence-electron chi connectivity index (χ4n) is 2.05. The molecule has 1 amide bonds. The number of amides is 1. The molecule has 1 aromatic rings. The monoisotopic (exact) mass is 353 g/mol. The second-order valence-corrected chi connectivity index (χ2v) is 8.60. The van der Waals surface area contributed by atoms with Gasteiger partial charge in [-0.2, -0.15) is 0 Å². The maximum absolute atomic E-state index is 12.1. The van der Waals surface area contributed by atoms with E-state index in [1.54, 1.807) is 18.9 Å². The second-order valence-electron chi connectivity index (χ2n) is 6.80. The van der Waals surface area contributed by atoms with Gasteiger partial charge in [0.15, 0.2) is 11.5 Å². The van der Waals surface area contributed by atoms with Crippen LogP contribution >= 0.6 is 11.8 Å². The van der Waals surface area contributed by atoms with Crippen LogP contribution in [0.1, 0.15) is 59.1 Å². The van der Waals surface area contributed by atoms with Gasteiger partial charge in [-0.3, -0.25) is 4.79 Å². The predicted molar refractivity (Wildman–Crippen MR) is 102 cm³/mol. The number of carbonyl (C=O) groups is 1. The standard InChI is InChI=1S/C19H31NO3S/c1-7-8-11-23-16-10-9-15(12-17(16)22-6)14(2)20-18(21)13-24-19(3,4)5/h9-10,12,14H,7-8,11,13H2,1-6H3,(H,20,21). The maximum atomic E-state index is 12.1. The predicted octanol–water partition coefficient (Wildman–Crippen LogP) is 4.58. The molecule has 1 aromatic carbocycles. The Morgan fingerprint density at radius 2 is 2.00 bits per heavy atom. The first-order valence-electron chi connectivity index (χ1n) is 8.51. The summed E-state index contributed by atoms with van der Waals surface area (Å²) in [6.45, 7) is 11.1. The summed E-state index contributed by atoms with van der Waals surface area (Å²) >= 11 is 1.64. The summed E-state index contributed by atoms with van der Waals surface area (Å²) in [5.41, 5.74) is 1.00. The minimum Gasteiger partial charge on any atom is -0.493 e. The van der Waals surface area contributed by atoms with E-state index in [0.717, 1.165) is 24.2 Å². The molecular formula is C19H31NO3S. The molecule has 24 heavy (non-hydrogen) atoms. The van der Waals surface area contributed by atoms with E-state index in [2.05, 4.69) is 33.0 Å². The third kappa shape index (κ3) is 7.47. The summed E-state index contributed by atoms with van der Waals surface area (Å²) in [6, 6.07) is 5.75. The van der Waals surface area contributed by atoms with E-state index in [-0.39, 0.29) is 16.7 Å². The fourth-order valence-corrected chi connectivity index (χ4v) is 2.70. The number of hydrogen-bond acceptors (Lipinski definition) is 4. The quantitative estimate of drug-likeness (QED) is 0.660. The molecule has 0 radical (unpaired) electrons. The lowest BCUT2D eigenvalue weighted by Crippen LogP contribution is -2.29. The van der Waals surface area contributed by atoms with Gasteiger partial charge in [0.05, 0.1) is 25.5 Å². The topological polar surface area (TPSA) is 47.6 Å². The van der Waals surface area contributed by atoms with Crippen LogP contribution in [0.25, 0.3) is 0 Å². The Morgan fingerprint density at radius 1 is 1.29 bits per heavy atom. The van der Waals surface area contributed by atoms with Crippen LogP contribution in [-0.2, 0) is 4.79 Å². The Bertz CT molecular complexity index is 526.